The molecule has 0 fully saturated rings. The van der Waals surface area contributed by atoms with Crippen molar-refractivity contribution < 1.29 is 9.47 Å². The zero-order valence-corrected chi connectivity index (χ0v) is 15.3. The van der Waals surface area contributed by atoms with Gasteiger partial charge in [-0.05, 0) is 35.4 Å². The third kappa shape index (κ3) is 5.51. The van der Waals surface area contributed by atoms with Crippen LogP contribution in [0.25, 0.3) is 0 Å². The molecule has 0 spiro atoms. The summed E-state index contributed by atoms with van der Waals surface area (Å²) in [5, 5.41) is 3.07. The number of para-hydroxylation sites is 3. The zero-order chi connectivity index (χ0) is 18.9. The fourth-order valence-electron chi connectivity index (χ4n) is 2.60. The predicted molar refractivity (Wildman–Crippen MR) is 109 cm³/mol. The van der Waals surface area contributed by atoms with Crippen molar-refractivity contribution in [1.29, 1.82) is 0 Å². The molecule has 3 aromatic carbocycles. The van der Waals surface area contributed by atoms with Gasteiger partial charge in [0.1, 0.15) is 18.1 Å². The molecule has 0 aliphatic carbocycles. The Morgan fingerprint density at radius 3 is 2.48 bits per heavy atom. The average Bonchev–Trinajstić information content (AvgIpc) is 2.72. The third-order valence-corrected chi connectivity index (χ3v) is 3.94. The minimum Gasteiger partial charge on any atom is -0.495 e. The van der Waals surface area contributed by atoms with Gasteiger partial charge in [-0.25, -0.2) is 4.99 Å². The molecule has 0 atom stereocenters. The first-order valence-corrected chi connectivity index (χ1v) is 8.70. The highest BCUT2D eigenvalue weighted by atomic mass is 16.5. The molecule has 0 aliphatic rings. The largest absolute Gasteiger partial charge is 0.495 e. The molecule has 0 amide bonds. The number of nitrogens with two attached hydrogens (primary N) is 1. The van der Waals surface area contributed by atoms with Gasteiger partial charge in [0.25, 0.3) is 0 Å². The maximum absolute atomic E-state index is 6.01. The molecular weight excluding hydrogens is 338 g/mol. The van der Waals surface area contributed by atoms with Crippen molar-refractivity contribution in [2.24, 2.45) is 10.7 Å². The van der Waals surface area contributed by atoms with Gasteiger partial charge >= 0.3 is 0 Å². The second kappa shape index (κ2) is 9.29. The highest BCUT2D eigenvalue weighted by molar-refractivity contribution is 5.93. The first-order valence-electron chi connectivity index (χ1n) is 8.70. The van der Waals surface area contributed by atoms with E-state index < -0.39 is 0 Å². The van der Waals surface area contributed by atoms with Crippen molar-refractivity contribution in [2.75, 3.05) is 12.4 Å². The molecule has 5 nitrogen and oxygen atoms in total. The molecule has 0 bridgehead atoms. The molecular formula is C22H23N3O2. The maximum atomic E-state index is 6.01. The van der Waals surface area contributed by atoms with Crippen LogP contribution in [0.15, 0.2) is 83.9 Å². The summed E-state index contributed by atoms with van der Waals surface area (Å²) >= 11 is 0. The molecule has 0 aromatic heterocycles. The van der Waals surface area contributed by atoms with E-state index in [9.17, 15) is 0 Å². The summed E-state index contributed by atoms with van der Waals surface area (Å²) in [6.07, 6.45) is 0. The smallest absolute Gasteiger partial charge is 0.193 e. The number of hydrogen-bond donors (Lipinski definition) is 2. The Bertz CT molecular complexity index is 895. The highest BCUT2D eigenvalue weighted by Gasteiger charge is 2.03. The van der Waals surface area contributed by atoms with E-state index in [4.69, 9.17) is 15.2 Å². The quantitative estimate of drug-likeness (QED) is 0.489. The van der Waals surface area contributed by atoms with E-state index in [-0.39, 0.29) is 0 Å². The van der Waals surface area contributed by atoms with Crippen LogP contribution in [-0.4, -0.2) is 13.1 Å². The van der Waals surface area contributed by atoms with Gasteiger partial charge in [-0.15, -0.1) is 0 Å². The SMILES string of the molecule is COc1ccccc1NC(N)=NCc1cccc(COc2ccccc2)c1. The van der Waals surface area contributed by atoms with Crippen molar-refractivity contribution in [3.8, 4) is 11.5 Å². The fourth-order valence-corrected chi connectivity index (χ4v) is 2.60. The summed E-state index contributed by atoms with van der Waals surface area (Å²) < 4.78 is 11.1. The number of benzene rings is 3. The second-order valence-electron chi connectivity index (χ2n) is 5.95. The van der Waals surface area contributed by atoms with Crippen LogP contribution in [0, 0.1) is 0 Å². The number of nitrogens with one attached hydrogen (secondary N) is 1. The fraction of sp³-hybridized carbons (Fsp3) is 0.136. The summed E-state index contributed by atoms with van der Waals surface area (Å²) in [5.74, 6) is 1.91. The third-order valence-electron chi connectivity index (χ3n) is 3.94. The van der Waals surface area contributed by atoms with Crippen LogP contribution in [0.2, 0.25) is 0 Å². The Morgan fingerprint density at radius 1 is 0.926 bits per heavy atom. The van der Waals surface area contributed by atoms with Gasteiger partial charge in [0.05, 0.1) is 19.3 Å². The van der Waals surface area contributed by atoms with Gasteiger partial charge in [0, 0.05) is 0 Å². The zero-order valence-electron chi connectivity index (χ0n) is 15.3. The normalized spacial score (nSPS) is 11.1. The summed E-state index contributed by atoms with van der Waals surface area (Å²) in [6.45, 7) is 0.990. The van der Waals surface area contributed by atoms with Crippen LogP contribution in [0.5, 0.6) is 11.5 Å². The molecule has 138 valence electrons. The van der Waals surface area contributed by atoms with E-state index >= 15 is 0 Å². The Balaban J connectivity index is 1.59. The second-order valence-corrected chi connectivity index (χ2v) is 5.95. The number of ether oxygens (including phenoxy) is 2. The van der Waals surface area contributed by atoms with Gasteiger partial charge in [-0.3, -0.25) is 0 Å². The lowest BCUT2D eigenvalue weighted by Crippen LogP contribution is -2.22. The van der Waals surface area contributed by atoms with Crippen LogP contribution in [0.1, 0.15) is 11.1 Å². The van der Waals surface area contributed by atoms with Crippen molar-refractivity contribution in [2.45, 2.75) is 13.2 Å². The van der Waals surface area contributed by atoms with Gasteiger partial charge < -0.3 is 20.5 Å². The summed E-state index contributed by atoms with van der Waals surface area (Å²) in [7, 11) is 1.62. The highest BCUT2D eigenvalue weighted by Crippen LogP contribution is 2.22. The molecule has 0 saturated carbocycles. The first kappa shape index (κ1) is 18.3. The van der Waals surface area contributed by atoms with Crippen molar-refractivity contribution >= 4 is 11.6 Å². The molecule has 0 heterocycles. The van der Waals surface area contributed by atoms with E-state index in [1.54, 1.807) is 7.11 Å². The Kier molecular flexibility index (Phi) is 6.30. The van der Waals surface area contributed by atoms with Gasteiger partial charge in [0.15, 0.2) is 5.96 Å². The topological polar surface area (TPSA) is 68.9 Å². The van der Waals surface area contributed by atoms with Crippen molar-refractivity contribution in [3.63, 3.8) is 0 Å². The molecule has 0 radical (unpaired) electrons. The molecule has 0 unspecified atom stereocenters. The van der Waals surface area contributed by atoms with Gasteiger partial charge in [0.2, 0.25) is 0 Å². The Hall–Kier alpha value is -3.47. The lowest BCUT2D eigenvalue weighted by Gasteiger charge is -2.10. The lowest BCUT2D eigenvalue weighted by atomic mass is 10.1. The summed E-state index contributed by atoms with van der Waals surface area (Å²) in [4.78, 5) is 4.41. The number of aliphatic imine (C=N–C) groups is 1. The van der Waals surface area contributed by atoms with E-state index in [1.165, 1.54) is 0 Å². The van der Waals surface area contributed by atoms with Crippen LogP contribution < -0.4 is 20.5 Å². The summed E-state index contributed by atoms with van der Waals surface area (Å²) in [6, 6.07) is 25.5. The summed E-state index contributed by atoms with van der Waals surface area (Å²) in [5.41, 5.74) is 8.94. The predicted octanol–water partition coefficient (Wildman–Crippen LogP) is 4.20. The van der Waals surface area contributed by atoms with Crippen LogP contribution >= 0.6 is 0 Å². The maximum Gasteiger partial charge on any atom is 0.193 e. The molecule has 3 N–H and O–H groups in total. The van der Waals surface area contributed by atoms with Gasteiger partial charge in [-0.2, -0.15) is 0 Å². The molecule has 0 saturated heterocycles. The molecule has 0 aliphatic heterocycles. The standard InChI is InChI=1S/C22H23N3O2/c1-26-21-13-6-5-12-20(21)25-22(23)24-15-17-8-7-9-18(14-17)16-27-19-10-3-2-4-11-19/h2-14H,15-16H2,1H3,(H3,23,24,25). The number of guanidine groups is 1. The number of rotatable bonds is 7. The van der Waals surface area contributed by atoms with Crippen LogP contribution in [-0.2, 0) is 13.2 Å². The average molecular weight is 361 g/mol. The Morgan fingerprint density at radius 2 is 1.67 bits per heavy atom. The number of nitrogens with zero attached hydrogens (tertiary/aromatic N) is 1. The van der Waals surface area contributed by atoms with E-state index in [2.05, 4.69) is 16.4 Å². The lowest BCUT2D eigenvalue weighted by molar-refractivity contribution is 0.306. The van der Waals surface area contributed by atoms with E-state index in [0.717, 1.165) is 28.3 Å². The number of hydrogen-bond acceptors (Lipinski definition) is 3. The van der Waals surface area contributed by atoms with Crippen LogP contribution in [0.3, 0.4) is 0 Å². The number of methoxy groups -OCH3 is 1. The minimum atomic E-state index is 0.338. The molecule has 3 rings (SSSR count). The first-order chi connectivity index (χ1) is 13.2. The van der Waals surface area contributed by atoms with Crippen molar-refractivity contribution in [3.05, 3.63) is 90.0 Å². The molecule has 3 aromatic rings. The number of anilines is 1. The minimum absolute atomic E-state index is 0.338. The monoisotopic (exact) mass is 361 g/mol. The van der Waals surface area contributed by atoms with Gasteiger partial charge in [-0.1, -0.05) is 54.6 Å². The van der Waals surface area contributed by atoms with E-state index in [0.29, 0.717) is 19.1 Å². The molecule has 27 heavy (non-hydrogen) atoms. The van der Waals surface area contributed by atoms with Crippen molar-refractivity contribution in [1.82, 2.24) is 0 Å². The molecule has 5 heteroatoms. The van der Waals surface area contributed by atoms with E-state index in [1.807, 2.05) is 72.8 Å². The van der Waals surface area contributed by atoms with Crippen LogP contribution in [0.4, 0.5) is 5.69 Å². The Labute approximate surface area is 159 Å².